The zero-order chi connectivity index (χ0) is 15.0. The quantitative estimate of drug-likeness (QED) is 0.560. The fourth-order valence-electron chi connectivity index (χ4n) is 2.88. The van der Waals surface area contributed by atoms with E-state index in [0.717, 1.165) is 32.1 Å². The summed E-state index contributed by atoms with van der Waals surface area (Å²) in [6.07, 6.45) is 9.74. The van der Waals surface area contributed by atoms with Gasteiger partial charge in [-0.25, -0.2) is 4.79 Å². The number of Topliss-reactive ketones (excluding diaryl/α,β-unsaturated/α-hetero) is 1. The molecule has 0 aliphatic heterocycles. The van der Waals surface area contributed by atoms with Crippen molar-refractivity contribution in [2.45, 2.75) is 72.1 Å². The number of carbonyl (C=O) groups excluding carboxylic acids is 2. The Morgan fingerprint density at radius 2 is 2.10 bits per heavy atom. The number of rotatable bonds is 5. The molecule has 1 aliphatic carbocycles. The van der Waals surface area contributed by atoms with Crippen molar-refractivity contribution in [3.05, 3.63) is 11.6 Å². The Hall–Kier alpha value is -1.12. The van der Waals surface area contributed by atoms with Crippen molar-refractivity contribution in [2.75, 3.05) is 6.61 Å². The summed E-state index contributed by atoms with van der Waals surface area (Å²) in [6, 6.07) is 0. The van der Waals surface area contributed by atoms with Crippen LogP contribution in [-0.2, 0) is 14.3 Å². The molecule has 0 aromatic carbocycles. The maximum Gasteiger partial charge on any atom is 0.333 e. The van der Waals surface area contributed by atoms with Crippen LogP contribution in [-0.4, -0.2) is 18.4 Å². The van der Waals surface area contributed by atoms with Gasteiger partial charge >= 0.3 is 5.97 Å². The molecule has 3 nitrogen and oxygen atoms in total. The molecule has 20 heavy (non-hydrogen) atoms. The maximum atomic E-state index is 11.9. The molecule has 1 atom stereocenters. The van der Waals surface area contributed by atoms with Crippen LogP contribution in [0.5, 0.6) is 0 Å². The molecule has 0 heterocycles. The largest absolute Gasteiger partial charge is 0.463 e. The zero-order valence-corrected chi connectivity index (χ0v) is 13.2. The van der Waals surface area contributed by atoms with Crippen LogP contribution in [0.1, 0.15) is 72.1 Å². The first kappa shape index (κ1) is 16.9. The molecule has 1 aliphatic rings. The summed E-state index contributed by atoms with van der Waals surface area (Å²) in [6.45, 7) is 6.23. The summed E-state index contributed by atoms with van der Waals surface area (Å²) in [7, 11) is 0. The lowest BCUT2D eigenvalue weighted by molar-refractivity contribution is -0.138. The fourth-order valence-corrected chi connectivity index (χ4v) is 2.88. The number of ketones is 1. The summed E-state index contributed by atoms with van der Waals surface area (Å²) in [5, 5.41) is 0. The minimum Gasteiger partial charge on any atom is -0.463 e. The van der Waals surface area contributed by atoms with Gasteiger partial charge in [-0.05, 0) is 44.9 Å². The van der Waals surface area contributed by atoms with E-state index in [0.29, 0.717) is 24.4 Å². The Kier molecular flexibility index (Phi) is 6.97. The van der Waals surface area contributed by atoms with E-state index in [1.54, 1.807) is 6.92 Å². The molecular weight excluding hydrogens is 252 g/mol. The normalized spacial score (nSPS) is 24.9. The third kappa shape index (κ3) is 5.89. The highest BCUT2D eigenvalue weighted by Gasteiger charge is 2.27. The SMILES string of the molecule is CCOC(=O)/C(C)=C/CC[C@@]1(C)CCCCCC(=O)C1. The van der Waals surface area contributed by atoms with E-state index in [4.69, 9.17) is 4.74 Å². The van der Waals surface area contributed by atoms with Gasteiger partial charge in [-0.15, -0.1) is 0 Å². The Morgan fingerprint density at radius 3 is 2.80 bits per heavy atom. The average Bonchev–Trinajstić information content (AvgIpc) is 2.36. The predicted molar refractivity (Wildman–Crippen MR) is 80.4 cm³/mol. The second-order valence-corrected chi connectivity index (χ2v) is 6.23. The molecule has 0 saturated heterocycles. The Morgan fingerprint density at radius 1 is 1.35 bits per heavy atom. The highest BCUT2D eigenvalue weighted by Crippen LogP contribution is 2.36. The van der Waals surface area contributed by atoms with E-state index in [2.05, 4.69) is 6.92 Å². The molecule has 114 valence electrons. The number of carbonyl (C=O) groups is 2. The van der Waals surface area contributed by atoms with Gasteiger partial charge in [-0.2, -0.15) is 0 Å². The van der Waals surface area contributed by atoms with Crippen molar-refractivity contribution >= 4 is 11.8 Å². The molecule has 1 fully saturated rings. The summed E-state index contributed by atoms with van der Waals surface area (Å²) >= 11 is 0. The number of ether oxygens (including phenoxy) is 1. The minimum atomic E-state index is -0.230. The first-order chi connectivity index (χ1) is 9.47. The molecule has 0 bridgehead atoms. The number of allylic oxidation sites excluding steroid dienone is 1. The third-order valence-corrected chi connectivity index (χ3v) is 4.16. The lowest BCUT2D eigenvalue weighted by atomic mass is 9.74. The Labute approximate surface area is 122 Å². The molecule has 0 aromatic heterocycles. The van der Waals surface area contributed by atoms with Crippen molar-refractivity contribution in [1.29, 1.82) is 0 Å². The number of esters is 1. The summed E-state index contributed by atoms with van der Waals surface area (Å²) in [5.41, 5.74) is 0.774. The maximum absolute atomic E-state index is 11.9. The number of hydrogen-bond acceptors (Lipinski definition) is 3. The van der Waals surface area contributed by atoms with Gasteiger partial charge in [0.1, 0.15) is 5.78 Å². The van der Waals surface area contributed by atoms with Gasteiger partial charge < -0.3 is 4.74 Å². The van der Waals surface area contributed by atoms with Gasteiger partial charge in [-0.1, -0.05) is 25.8 Å². The molecule has 1 saturated carbocycles. The first-order valence-electron chi connectivity index (χ1n) is 7.82. The van der Waals surface area contributed by atoms with Crippen molar-refractivity contribution < 1.29 is 14.3 Å². The van der Waals surface area contributed by atoms with Gasteiger partial charge in [-0.3, -0.25) is 4.79 Å². The van der Waals surface area contributed by atoms with Gasteiger partial charge in [0.25, 0.3) is 0 Å². The Bertz CT molecular complexity index is 370. The molecule has 1 rings (SSSR count). The fraction of sp³-hybridized carbons (Fsp3) is 0.765. The topological polar surface area (TPSA) is 43.4 Å². The second-order valence-electron chi connectivity index (χ2n) is 6.23. The molecule has 3 heteroatoms. The first-order valence-corrected chi connectivity index (χ1v) is 7.82. The van der Waals surface area contributed by atoms with Gasteiger partial charge in [0.15, 0.2) is 0 Å². The zero-order valence-electron chi connectivity index (χ0n) is 13.2. The second kappa shape index (κ2) is 8.23. The molecule has 0 N–H and O–H groups in total. The van der Waals surface area contributed by atoms with Crippen LogP contribution in [0.15, 0.2) is 11.6 Å². The lowest BCUT2D eigenvalue weighted by Crippen LogP contribution is -2.22. The molecule has 0 radical (unpaired) electrons. The van der Waals surface area contributed by atoms with E-state index in [1.807, 2.05) is 13.0 Å². The molecule has 0 unspecified atom stereocenters. The van der Waals surface area contributed by atoms with Crippen LogP contribution in [0.2, 0.25) is 0 Å². The van der Waals surface area contributed by atoms with Gasteiger partial charge in [0.05, 0.1) is 6.61 Å². The molecule has 0 spiro atoms. The lowest BCUT2D eigenvalue weighted by Gasteiger charge is -2.30. The smallest absolute Gasteiger partial charge is 0.333 e. The van der Waals surface area contributed by atoms with E-state index in [-0.39, 0.29) is 11.4 Å². The van der Waals surface area contributed by atoms with Gasteiger partial charge in [0, 0.05) is 18.4 Å². The third-order valence-electron chi connectivity index (χ3n) is 4.16. The summed E-state index contributed by atoms with van der Waals surface area (Å²) in [5.74, 6) is 0.171. The highest BCUT2D eigenvalue weighted by atomic mass is 16.5. The van der Waals surface area contributed by atoms with Crippen molar-refractivity contribution in [3.63, 3.8) is 0 Å². The van der Waals surface area contributed by atoms with E-state index >= 15 is 0 Å². The minimum absolute atomic E-state index is 0.100. The monoisotopic (exact) mass is 280 g/mol. The summed E-state index contributed by atoms with van der Waals surface area (Å²) < 4.78 is 4.96. The molecule has 0 aromatic rings. The van der Waals surface area contributed by atoms with Crippen LogP contribution in [0.3, 0.4) is 0 Å². The average molecular weight is 280 g/mol. The van der Waals surface area contributed by atoms with Crippen LogP contribution in [0.4, 0.5) is 0 Å². The van der Waals surface area contributed by atoms with Crippen LogP contribution in [0, 0.1) is 5.41 Å². The van der Waals surface area contributed by atoms with E-state index < -0.39 is 0 Å². The van der Waals surface area contributed by atoms with Crippen molar-refractivity contribution in [3.8, 4) is 0 Å². The van der Waals surface area contributed by atoms with E-state index in [9.17, 15) is 9.59 Å². The molecular formula is C17H28O3. The van der Waals surface area contributed by atoms with E-state index in [1.165, 1.54) is 12.8 Å². The van der Waals surface area contributed by atoms with Crippen LogP contribution in [0.25, 0.3) is 0 Å². The number of hydrogen-bond donors (Lipinski definition) is 0. The van der Waals surface area contributed by atoms with Crippen LogP contribution >= 0.6 is 0 Å². The Balaban J connectivity index is 2.50. The molecule has 0 amide bonds. The van der Waals surface area contributed by atoms with Crippen LogP contribution < -0.4 is 0 Å². The highest BCUT2D eigenvalue weighted by molar-refractivity contribution is 5.87. The standard InChI is InChI=1S/C17H28O3/c1-4-20-16(19)14(2)9-8-12-17(3)11-7-5-6-10-15(18)13-17/h9H,4-8,10-13H2,1-3H3/b14-9+/t17-/m1/s1. The summed E-state index contributed by atoms with van der Waals surface area (Å²) in [4.78, 5) is 23.4. The van der Waals surface area contributed by atoms with Gasteiger partial charge in [0.2, 0.25) is 0 Å². The van der Waals surface area contributed by atoms with Crippen molar-refractivity contribution in [2.24, 2.45) is 5.41 Å². The van der Waals surface area contributed by atoms with Crippen molar-refractivity contribution in [1.82, 2.24) is 0 Å². The predicted octanol–water partition coefficient (Wildman–Crippen LogP) is 4.21.